The van der Waals surface area contributed by atoms with E-state index < -0.39 is 18.1 Å². The molecule has 0 amide bonds. The molecule has 0 heterocycles. The first kappa shape index (κ1) is 23.0. The normalized spacial score (nSPS) is 14.9. The fourth-order valence-corrected chi connectivity index (χ4v) is 3.48. The molecule has 0 aliphatic rings. The molecule has 0 aliphatic carbocycles. The van der Waals surface area contributed by atoms with E-state index in [0.29, 0.717) is 29.2 Å². The summed E-state index contributed by atoms with van der Waals surface area (Å²) in [6.45, 7) is 5.84. The molecule has 3 atom stereocenters. The molecule has 2 rings (SSSR count). The summed E-state index contributed by atoms with van der Waals surface area (Å²) in [5.74, 6) is 0.350. The minimum absolute atomic E-state index is 0.127. The van der Waals surface area contributed by atoms with Crippen LogP contribution >= 0.6 is 11.6 Å². The van der Waals surface area contributed by atoms with Gasteiger partial charge in [0.1, 0.15) is 11.5 Å². The van der Waals surface area contributed by atoms with Crippen LogP contribution in [0.25, 0.3) is 6.08 Å². The second-order valence-corrected chi connectivity index (χ2v) is 7.41. The van der Waals surface area contributed by atoms with Crippen molar-refractivity contribution in [3.63, 3.8) is 0 Å². The number of aliphatic hydroxyl groups is 2. The minimum Gasteiger partial charge on any atom is -0.508 e. The molecular weight excluding hydrogens is 388 g/mol. The Balaban J connectivity index is 2.06. The molecule has 0 radical (unpaired) electrons. The molecule has 3 N–H and O–H groups in total. The fraction of sp³-hybridized carbons (Fsp3) is 0.333. The molecule has 5 heteroatoms. The number of benzene rings is 2. The van der Waals surface area contributed by atoms with Gasteiger partial charge in [0.15, 0.2) is 0 Å². The summed E-state index contributed by atoms with van der Waals surface area (Å²) in [6, 6.07) is 12.0. The highest BCUT2D eigenvalue weighted by Crippen LogP contribution is 2.31. The van der Waals surface area contributed by atoms with E-state index in [2.05, 4.69) is 6.58 Å². The van der Waals surface area contributed by atoms with E-state index >= 15 is 0 Å². The molecule has 4 nitrogen and oxygen atoms in total. The molecule has 0 fully saturated rings. The number of aliphatic hydroxyl groups excluding tert-OH is 2. The summed E-state index contributed by atoms with van der Waals surface area (Å²) < 4.78 is 5.14. The average molecular weight is 417 g/mol. The molecule has 0 unspecified atom stereocenters. The predicted molar refractivity (Wildman–Crippen MR) is 118 cm³/mol. The van der Waals surface area contributed by atoms with Gasteiger partial charge in [-0.05, 0) is 60.7 Å². The molecule has 0 saturated heterocycles. The molecular formula is C24H29ClO4. The standard InChI is InChI=1S/C24H29ClO4/c1-4-16(14-18-7-10-19(26)15-22(18)25)6-13-23(27)21(5-2)24(28)17-8-11-20(29-3)12-9-17/h5,7-12,14-15,21,23-24,26-28H,2,4,6,13H2,1,3H3/b16-14+/t21-,23-,24-/m1/s1. The van der Waals surface area contributed by atoms with Gasteiger partial charge >= 0.3 is 0 Å². The molecule has 29 heavy (non-hydrogen) atoms. The number of aromatic hydroxyl groups is 1. The molecule has 2 aromatic carbocycles. The summed E-state index contributed by atoms with van der Waals surface area (Å²) in [4.78, 5) is 0. The Bertz CT molecular complexity index is 829. The van der Waals surface area contributed by atoms with Crippen molar-refractivity contribution in [3.8, 4) is 11.5 Å². The fourth-order valence-electron chi connectivity index (χ4n) is 3.25. The number of rotatable bonds is 10. The molecule has 0 aliphatic heterocycles. The average Bonchev–Trinajstić information content (AvgIpc) is 2.73. The van der Waals surface area contributed by atoms with Crippen molar-refractivity contribution in [2.45, 2.75) is 38.4 Å². The van der Waals surface area contributed by atoms with Crippen LogP contribution in [0.2, 0.25) is 5.02 Å². The molecule has 0 saturated carbocycles. The highest BCUT2D eigenvalue weighted by molar-refractivity contribution is 6.32. The van der Waals surface area contributed by atoms with Gasteiger partial charge in [-0.15, -0.1) is 6.58 Å². The van der Waals surface area contributed by atoms with Crippen LogP contribution in [0, 0.1) is 5.92 Å². The van der Waals surface area contributed by atoms with Crippen molar-refractivity contribution in [2.75, 3.05) is 7.11 Å². The maximum absolute atomic E-state index is 10.7. The van der Waals surface area contributed by atoms with Crippen molar-refractivity contribution in [1.82, 2.24) is 0 Å². The van der Waals surface area contributed by atoms with Gasteiger partial charge < -0.3 is 20.1 Å². The van der Waals surface area contributed by atoms with Crippen LogP contribution in [0.5, 0.6) is 11.5 Å². The quantitative estimate of drug-likeness (QED) is 0.446. The Hall–Kier alpha value is -2.27. The monoisotopic (exact) mass is 416 g/mol. The molecule has 2 aromatic rings. The van der Waals surface area contributed by atoms with Crippen molar-refractivity contribution >= 4 is 17.7 Å². The van der Waals surface area contributed by atoms with Crippen LogP contribution in [0.1, 0.15) is 43.4 Å². The first-order valence-electron chi connectivity index (χ1n) is 9.70. The van der Waals surface area contributed by atoms with Crippen LogP contribution in [-0.4, -0.2) is 28.5 Å². The topological polar surface area (TPSA) is 69.9 Å². The van der Waals surface area contributed by atoms with Crippen molar-refractivity contribution in [3.05, 3.63) is 76.8 Å². The number of allylic oxidation sites excluding steroid dienone is 1. The number of phenols is 1. The van der Waals surface area contributed by atoms with E-state index in [9.17, 15) is 15.3 Å². The van der Waals surface area contributed by atoms with Crippen LogP contribution in [0.3, 0.4) is 0 Å². The zero-order chi connectivity index (χ0) is 21.4. The number of halogens is 1. The highest BCUT2D eigenvalue weighted by atomic mass is 35.5. The van der Waals surface area contributed by atoms with Crippen molar-refractivity contribution in [1.29, 1.82) is 0 Å². The summed E-state index contributed by atoms with van der Waals surface area (Å²) >= 11 is 6.19. The first-order valence-corrected chi connectivity index (χ1v) is 10.1. The molecule has 0 bridgehead atoms. The number of hydrogen-bond acceptors (Lipinski definition) is 4. The maximum atomic E-state index is 10.7. The third-order valence-electron chi connectivity index (χ3n) is 5.10. The van der Waals surface area contributed by atoms with E-state index in [-0.39, 0.29) is 5.75 Å². The Kier molecular flexibility index (Phi) is 8.77. The lowest BCUT2D eigenvalue weighted by atomic mass is 9.87. The second kappa shape index (κ2) is 11.1. The summed E-state index contributed by atoms with van der Waals surface area (Å²) in [5.41, 5.74) is 2.66. The van der Waals surface area contributed by atoms with Crippen LogP contribution in [0.4, 0.5) is 0 Å². The summed E-state index contributed by atoms with van der Waals surface area (Å²) in [6.07, 6.45) is 3.95. The number of hydrogen-bond donors (Lipinski definition) is 3. The number of ether oxygens (including phenoxy) is 1. The first-order chi connectivity index (χ1) is 13.9. The number of methoxy groups -OCH3 is 1. The van der Waals surface area contributed by atoms with Crippen LogP contribution < -0.4 is 4.74 Å². The minimum atomic E-state index is -0.853. The van der Waals surface area contributed by atoms with Crippen LogP contribution in [-0.2, 0) is 0 Å². The lowest BCUT2D eigenvalue weighted by molar-refractivity contribution is 0.0318. The highest BCUT2D eigenvalue weighted by Gasteiger charge is 2.25. The lowest BCUT2D eigenvalue weighted by Crippen LogP contribution is -2.25. The number of phenolic OH excluding ortho intramolecular Hbond substituents is 1. The van der Waals surface area contributed by atoms with Gasteiger partial charge in [-0.1, -0.05) is 48.4 Å². The van der Waals surface area contributed by atoms with Gasteiger partial charge in [0.2, 0.25) is 0 Å². The second-order valence-electron chi connectivity index (χ2n) is 7.00. The van der Waals surface area contributed by atoms with Crippen molar-refractivity contribution in [2.24, 2.45) is 5.92 Å². The van der Waals surface area contributed by atoms with E-state index in [4.69, 9.17) is 16.3 Å². The Morgan fingerprint density at radius 2 is 1.86 bits per heavy atom. The van der Waals surface area contributed by atoms with E-state index in [1.54, 1.807) is 49.6 Å². The summed E-state index contributed by atoms with van der Waals surface area (Å²) in [7, 11) is 1.59. The van der Waals surface area contributed by atoms with Gasteiger partial charge in [-0.2, -0.15) is 0 Å². The zero-order valence-corrected chi connectivity index (χ0v) is 17.6. The third kappa shape index (κ3) is 6.36. The predicted octanol–water partition coefficient (Wildman–Crippen LogP) is 5.52. The Morgan fingerprint density at radius 1 is 1.17 bits per heavy atom. The van der Waals surface area contributed by atoms with Crippen LogP contribution in [0.15, 0.2) is 60.7 Å². The smallest absolute Gasteiger partial charge is 0.118 e. The van der Waals surface area contributed by atoms with Gasteiger partial charge in [0.05, 0.1) is 24.3 Å². The van der Waals surface area contributed by atoms with E-state index in [0.717, 1.165) is 17.6 Å². The maximum Gasteiger partial charge on any atom is 0.118 e. The largest absolute Gasteiger partial charge is 0.508 e. The van der Waals surface area contributed by atoms with Gasteiger partial charge in [-0.3, -0.25) is 0 Å². The third-order valence-corrected chi connectivity index (χ3v) is 5.42. The van der Waals surface area contributed by atoms with Crippen molar-refractivity contribution < 1.29 is 20.1 Å². The Labute approximate surface area is 177 Å². The Morgan fingerprint density at radius 3 is 2.41 bits per heavy atom. The summed E-state index contributed by atoms with van der Waals surface area (Å²) in [5, 5.41) is 31.4. The molecule has 0 aromatic heterocycles. The lowest BCUT2D eigenvalue weighted by Gasteiger charge is -2.25. The van der Waals surface area contributed by atoms with Gasteiger partial charge in [0, 0.05) is 5.92 Å². The van der Waals surface area contributed by atoms with E-state index in [1.165, 1.54) is 6.07 Å². The molecule has 0 spiro atoms. The van der Waals surface area contributed by atoms with Gasteiger partial charge in [-0.25, -0.2) is 0 Å². The van der Waals surface area contributed by atoms with E-state index in [1.807, 2.05) is 13.0 Å². The zero-order valence-electron chi connectivity index (χ0n) is 16.9. The molecule has 156 valence electrons. The SMILES string of the molecule is C=C[C@H]([C@H](O)CC/C(=C/c1ccc(O)cc1Cl)CC)[C@H](O)c1ccc(OC)cc1. The van der Waals surface area contributed by atoms with Gasteiger partial charge in [0.25, 0.3) is 0 Å².